The van der Waals surface area contributed by atoms with Crippen LogP contribution in [-0.2, 0) is 14.8 Å². The fourth-order valence-electron chi connectivity index (χ4n) is 3.58. The summed E-state index contributed by atoms with van der Waals surface area (Å²) in [6.07, 6.45) is 2.88. The minimum atomic E-state index is -3.58. The number of thiophene rings is 1. The Morgan fingerprint density at radius 3 is 2.48 bits per heavy atom. The third-order valence-corrected chi connectivity index (χ3v) is 8.76. The molecule has 0 bridgehead atoms. The van der Waals surface area contributed by atoms with Gasteiger partial charge in [-0.05, 0) is 37.1 Å². The second-order valence-corrected chi connectivity index (χ2v) is 10.7. The number of carbonyl (C=O) groups is 1. The van der Waals surface area contributed by atoms with Crippen molar-refractivity contribution < 1.29 is 17.6 Å². The number of aromatic nitrogens is 1. The molecule has 1 aromatic carbocycles. The van der Waals surface area contributed by atoms with Crippen LogP contribution in [0.3, 0.4) is 0 Å². The number of nitrogens with zero attached hydrogens (tertiary/aromatic N) is 3. The zero-order chi connectivity index (χ0) is 22.0. The highest BCUT2D eigenvalue weighted by Gasteiger charge is 2.30. The van der Waals surface area contributed by atoms with Gasteiger partial charge in [0.25, 0.3) is 10.0 Å². The topological polar surface area (TPSA) is 95.8 Å². The van der Waals surface area contributed by atoms with Gasteiger partial charge in [0.2, 0.25) is 5.91 Å². The summed E-state index contributed by atoms with van der Waals surface area (Å²) in [6, 6.07) is 9.21. The summed E-state index contributed by atoms with van der Waals surface area (Å²) in [6.45, 7) is 5.84. The van der Waals surface area contributed by atoms with Crippen molar-refractivity contribution in [3.63, 3.8) is 0 Å². The number of carbonyl (C=O) groups excluding carboxylic acids is 1. The number of benzene rings is 1. The van der Waals surface area contributed by atoms with Crippen LogP contribution in [0.1, 0.15) is 11.1 Å². The Morgan fingerprint density at radius 2 is 1.84 bits per heavy atom. The van der Waals surface area contributed by atoms with E-state index in [0.717, 1.165) is 21.7 Å². The highest BCUT2D eigenvalue weighted by atomic mass is 32.2. The van der Waals surface area contributed by atoms with Gasteiger partial charge in [-0.1, -0.05) is 18.2 Å². The Balaban J connectivity index is 1.34. The Hall–Kier alpha value is -2.53. The van der Waals surface area contributed by atoms with Crippen LogP contribution < -0.4 is 5.32 Å². The second kappa shape index (κ2) is 8.91. The maximum absolute atomic E-state index is 13.0. The molecule has 3 aromatic rings. The monoisotopic (exact) mass is 460 g/mol. The molecule has 31 heavy (non-hydrogen) atoms. The molecule has 1 aliphatic heterocycles. The molecular formula is C21H24N4O4S2. The molecule has 0 unspecified atom stereocenters. The van der Waals surface area contributed by atoms with Gasteiger partial charge in [0, 0.05) is 31.9 Å². The van der Waals surface area contributed by atoms with Gasteiger partial charge in [-0.25, -0.2) is 13.4 Å². The smallest absolute Gasteiger partial charge is 0.252 e. The number of anilines is 1. The van der Waals surface area contributed by atoms with E-state index in [1.54, 1.807) is 18.3 Å². The first-order chi connectivity index (χ1) is 14.8. The number of hydrogen-bond donors (Lipinski definition) is 1. The molecule has 0 spiro atoms. The second-order valence-electron chi connectivity index (χ2n) is 7.48. The van der Waals surface area contributed by atoms with E-state index < -0.39 is 10.0 Å². The fraction of sp³-hybridized carbons (Fsp3) is 0.333. The van der Waals surface area contributed by atoms with Gasteiger partial charge in [0.1, 0.15) is 4.21 Å². The summed E-state index contributed by atoms with van der Waals surface area (Å²) in [5.41, 5.74) is 2.88. The van der Waals surface area contributed by atoms with E-state index in [1.165, 1.54) is 22.0 Å². The van der Waals surface area contributed by atoms with Gasteiger partial charge in [-0.15, -0.1) is 11.3 Å². The standard InChI is InChI=1S/C21H24N4O4S2/c1-15-4-3-5-16(2)21(15)23-19(26)13-24-8-10-25(11-9-24)31(27,28)20-7-6-18(30-20)17-12-22-14-29-17/h3-7,12,14H,8-11,13H2,1-2H3,(H,23,26). The Labute approximate surface area is 185 Å². The molecule has 8 nitrogen and oxygen atoms in total. The molecule has 164 valence electrons. The molecule has 0 atom stereocenters. The Morgan fingerprint density at radius 1 is 1.13 bits per heavy atom. The lowest BCUT2D eigenvalue weighted by molar-refractivity contribution is -0.117. The van der Waals surface area contributed by atoms with E-state index in [-0.39, 0.29) is 16.7 Å². The van der Waals surface area contributed by atoms with E-state index in [2.05, 4.69) is 10.3 Å². The summed E-state index contributed by atoms with van der Waals surface area (Å²) in [7, 11) is -3.58. The average Bonchev–Trinajstić information content (AvgIpc) is 3.43. The van der Waals surface area contributed by atoms with E-state index in [0.29, 0.717) is 31.9 Å². The van der Waals surface area contributed by atoms with Crippen molar-refractivity contribution >= 4 is 33.0 Å². The van der Waals surface area contributed by atoms with Gasteiger partial charge in [-0.2, -0.15) is 4.31 Å². The number of piperazine rings is 1. The summed E-state index contributed by atoms with van der Waals surface area (Å²) >= 11 is 1.17. The van der Waals surface area contributed by atoms with Gasteiger partial charge >= 0.3 is 0 Å². The van der Waals surface area contributed by atoms with Crippen molar-refractivity contribution in [1.29, 1.82) is 0 Å². The van der Waals surface area contributed by atoms with Gasteiger partial charge in [0.15, 0.2) is 12.2 Å². The number of hydrogen-bond acceptors (Lipinski definition) is 7. The Kier molecular flexibility index (Phi) is 6.24. The molecule has 1 amide bonds. The van der Waals surface area contributed by atoms with Gasteiger partial charge < -0.3 is 9.73 Å². The molecule has 0 radical (unpaired) electrons. The minimum Gasteiger partial charge on any atom is -0.443 e. The first-order valence-corrected chi connectivity index (χ1v) is 12.2. The number of rotatable bonds is 6. The van der Waals surface area contributed by atoms with E-state index >= 15 is 0 Å². The van der Waals surface area contributed by atoms with Crippen LogP contribution in [0.25, 0.3) is 10.6 Å². The number of sulfonamides is 1. The van der Waals surface area contributed by atoms with Crippen molar-refractivity contribution in [2.24, 2.45) is 0 Å². The van der Waals surface area contributed by atoms with Crippen molar-refractivity contribution in [1.82, 2.24) is 14.2 Å². The van der Waals surface area contributed by atoms with Crippen LogP contribution in [0.2, 0.25) is 0 Å². The first-order valence-electron chi connectivity index (χ1n) is 9.92. The summed E-state index contributed by atoms with van der Waals surface area (Å²) < 4.78 is 33.0. The van der Waals surface area contributed by atoms with Crippen LogP contribution in [-0.4, -0.2) is 61.2 Å². The zero-order valence-electron chi connectivity index (χ0n) is 17.4. The summed E-state index contributed by atoms with van der Waals surface area (Å²) in [5.74, 6) is 0.454. The molecule has 2 aromatic heterocycles. The Bertz CT molecular complexity index is 1140. The number of amides is 1. The molecule has 10 heteroatoms. The maximum atomic E-state index is 13.0. The third-order valence-electron chi connectivity index (χ3n) is 5.29. The third kappa shape index (κ3) is 4.72. The van der Waals surface area contributed by atoms with Crippen LogP contribution in [0.5, 0.6) is 0 Å². The van der Waals surface area contributed by atoms with E-state index in [9.17, 15) is 13.2 Å². The van der Waals surface area contributed by atoms with Crippen molar-refractivity contribution in [3.05, 3.63) is 54.0 Å². The van der Waals surface area contributed by atoms with Crippen molar-refractivity contribution in [3.8, 4) is 10.6 Å². The van der Waals surface area contributed by atoms with E-state index in [1.807, 2.05) is 36.9 Å². The van der Waals surface area contributed by atoms with E-state index in [4.69, 9.17) is 4.42 Å². The first kappa shape index (κ1) is 21.7. The lowest BCUT2D eigenvalue weighted by Crippen LogP contribution is -2.50. The lowest BCUT2D eigenvalue weighted by Gasteiger charge is -2.33. The molecule has 1 aliphatic rings. The SMILES string of the molecule is Cc1cccc(C)c1NC(=O)CN1CCN(S(=O)(=O)c2ccc(-c3cnco3)s2)CC1. The summed E-state index contributed by atoms with van der Waals surface area (Å²) in [4.78, 5) is 19.1. The van der Waals surface area contributed by atoms with Gasteiger partial charge in [-0.3, -0.25) is 9.69 Å². The maximum Gasteiger partial charge on any atom is 0.252 e. The normalized spacial score (nSPS) is 15.8. The zero-order valence-corrected chi connectivity index (χ0v) is 19.0. The fourth-order valence-corrected chi connectivity index (χ4v) is 6.41. The van der Waals surface area contributed by atoms with Crippen LogP contribution >= 0.6 is 11.3 Å². The molecule has 1 fully saturated rings. The number of oxazole rings is 1. The van der Waals surface area contributed by atoms with Crippen molar-refractivity contribution in [2.45, 2.75) is 18.1 Å². The molecule has 0 aliphatic carbocycles. The molecule has 0 saturated carbocycles. The molecular weight excluding hydrogens is 436 g/mol. The number of nitrogens with one attached hydrogen (secondary N) is 1. The number of aryl methyl sites for hydroxylation is 2. The summed E-state index contributed by atoms with van der Waals surface area (Å²) in [5, 5.41) is 2.98. The molecule has 1 saturated heterocycles. The highest BCUT2D eigenvalue weighted by Crippen LogP contribution is 2.32. The predicted octanol–water partition coefficient (Wildman–Crippen LogP) is 2.96. The quantitative estimate of drug-likeness (QED) is 0.608. The molecule has 4 rings (SSSR count). The molecule has 3 heterocycles. The van der Waals surface area contributed by atoms with Crippen LogP contribution in [0.4, 0.5) is 5.69 Å². The van der Waals surface area contributed by atoms with Crippen LogP contribution in [0.15, 0.2) is 51.5 Å². The largest absolute Gasteiger partial charge is 0.443 e. The molecule has 1 N–H and O–H groups in total. The lowest BCUT2D eigenvalue weighted by atomic mass is 10.1. The predicted molar refractivity (Wildman–Crippen MR) is 120 cm³/mol. The average molecular weight is 461 g/mol. The minimum absolute atomic E-state index is 0.0938. The van der Waals surface area contributed by atoms with Crippen LogP contribution in [0, 0.1) is 13.8 Å². The number of para-hydroxylation sites is 1. The van der Waals surface area contributed by atoms with Crippen molar-refractivity contribution in [2.75, 3.05) is 38.0 Å². The highest BCUT2D eigenvalue weighted by molar-refractivity contribution is 7.91. The van der Waals surface area contributed by atoms with Gasteiger partial charge in [0.05, 0.1) is 17.6 Å².